The molecule has 1 fully saturated rings. The third kappa shape index (κ3) is 9.77. The molecule has 16 heteroatoms. The molecule has 0 bridgehead atoms. The molecule has 2 aromatic heterocycles. The van der Waals surface area contributed by atoms with E-state index in [4.69, 9.17) is 19.5 Å². The Morgan fingerprint density at radius 1 is 1.10 bits per heavy atom. The van der Waals surface area contributed by atoms with Crippen LogP contribution in [0.25, 0.3) is 0 Å². The molecule has 1 atom stereocenters. The van der Waals surface area contributed by atoms with E-state index in [1.165, 1.54) is 19.3 Å². The number of halogens is 3. The quantitative estimate of drug-likeness (QED) is 0.246. The molecule has 1 aliphatic heterocycles. The van der Waals surface area contributed by atoms with Crippen LogP contribution in [0.3, 0.4) is 0 Å². The second-order valence-electron chi connectivity index (χ2n) is 11.0. The van der Waals surface area contributed by atoms with E-state index in [0.717, 1.165) is 12.2 Å². The van der Waals surface area contributed by atoms with E-state index in [2.05, 4.69) is 34.7 Å². The number of nitrogens with zero attached hydrogens (tertiary/aromatic N) is 7. The first-order valence-electron chi connectivity index (χ1n) is 13.5. The highest BCUT2D eigenvalue weighted by Crippen LogP contribution is 2.33. The van der Waals surface area contributed by atoms with Crippen LogP contribution in [0.4, 0.5) is 19.1 Å². The Morgan fingerprint density at radius 2 is 1.76 bits per heavy atom. The molecule has 0 aliphatic carbocycles. The van der Waals surface area contributed by atoms with E-state index in [0.29, 0.717) is 49.0 Å². The van der Waals surface area contributed by atoms with Gasteiger partial charge in [0.05, 0.1) is 43.8 Å². The maximum Gasteiger partial charge on any atom is 0.425 e. The molecule has 1 amide bonds. The predicted octanol–water partition coefficient (Wildman–Crippen LogP) is 2.76. The van der Waals surface area contributed by atoms with Crippen molar-refractivity contribution in [1.29, 1.82) is 5.26 Å². The number of anilines is 1. The SMILES string of the molecule is CC(COCCC(=O)N1CCN(c2ncc(C#N)cn2)CC1)Oc1cnn(COCC[Si](C)(C)C)c(=O)c1C(F)(F)F. The van der Waals surface area contributed by atoms with Gasteiger partial charge in [0.25, 0.3) is 5.56 Å². The van der Waals surface area contributed by atoms with Crippen LogP contribution in [0.5, 0.6) is 5.75 Å². The smallest absolute Gasteiger partial charge is 0.425 e. The molecule has 0 radical (unpaired) electrons. The van der Waals surface area contributed by atoms with Gasteiger partial charge in [-0.1, -0.05) is 19.6 Å². The third-order valence-electron chi connectivity index (χ3n) is 6.33. The molecule has 42 heavy (non-hydrogen) atoms. The largest absolute Gasteiger partial charge is 0.486 e. The standard InChI is InChI=1S/C26H36F3N7O5Si/c1-19(41-21-16-33-36(18-40-11-12-42(2,3)4)24(38)23(21)26(27,28)29)17-39-10-5-22(37)34-6-8-35(9-7-34)25-31-14-20(13-30)15-32-25/h14-16,19H,5-12,17-18H2,1-4H3. The van der Waals surface area contributed by atoms with E-state index in [1.54, 1.807) is 4.90 Å². The number of rotatable bonds is 13. The number of aromatic nitrogens is 4. The number of hydrogen-bond donors (Lipinski definition) is 0. The van der Waals surface area contributed by atoms with Crippen molar-refractivity contribution >= 4 is 19.9 Å². The summed E-state index contributed by atoms with van der Waals surface area (Å²) in [6, 6.07) is 2.76. The summed E-state index contributed by atoms with van der Waals surface area (Å²) in [5.41, 5.74) is -2.44. The third-order valence-corrected chi connectivity index (χ3v) is 8.03. The lowest BCUT2D eigenvalue weighted by molar-refractivity contribution is -0.141. The fourth-order valence-corrected chi connectivity index (χ4v) is 4.72. The summed E-state index contributed by atoms with van der Waals surface area (Å²) in [5, 5.41) is 12.7. The number of piperazine rings is 1. The van der Waals surface area contributed by atoms with Gasteiger partial charge in [-0.05, 0) is 13.0 Å². The first-order valence-corrected chi connectivity index (χ1v) is 17.2. The summed E-state index contributed by atoms with van der Waals surface area (Å²) in [4.78, 5) is 37.1. The maximum absolute atomic E-state index is 13.8. The number of carbonyl (C=O) groups is 1. The highest BCUT2D eigenvalue weighted by molar-refractivity contribution is 6.76. The Morgan fingerprint density at radius 3 is 2.36 bits per heavy atom. The summed E-state index contributed by atoms with van der Waals surface area (Å²) in [5.74, 6) is -0.323. The van der Waals surface area contributed by atoms with Gasteiger partial charge >= 0.3 is 6.18 Å². The van der Waals surface area contributed by atoms with Crippen LogP contribution in [-0.2, 0) is 27.2 Å². The summed E-state index contributed by atoms with van der Waals surface area (Å²) in [7, 11) is -1.40. The number of alkyl halides is 3. The first kappa shape index (κ1) is 33.0. The maximum atomic E-state index is 13.8. The molecular weight excluding hydrogens is 575 g/mol. The second kappa shape index (κ2) is 14.6. The van der Waals surface area contributed by atoms with Gasteiger partial charge in [0.1, 0.15) is 18.9 Å². The normalized spacial score (nSPS) is 14.9. The van der Waals surface area contributed by atoms with Crippen molar-refractivity contribution in [2.24, 2.45) is 0 Å². The minimum atomic E-state index is -4.96. The van der Waals surface area contributed by atoms with Gasteiger partial charge in [0.2, 0.25) is 11.9 Å². The van der Waals surface area contributed by atoms with Crippen LogP contribution < -0.4 is 15.2 Å². The zero-order valence-electron chi connectivity index (χ0n) is 24.2. The topological polar surface area (TPSA) is 136 Å². The number of amides is 1. The lowest BCUT2D eigenvalue weighted by Crippen LogP contribution is -2.49. The second-order valence-corrected chi connectivity index (χ2v) is 16.7. The molecule has 0 saturated carbocycles. The van der Waals surface area contributed by atoms with Crippen LogP contribution in [0.15, 0.2) is 23.4 Å². The molecule has 12 nitrogen and oxygen atoms in total. The van der Waals surface area contributed by atoms with Crippen molar-refractivity contribution in [2.45, 2.75) is 58.0 Å². The molecule has 0 N–H and O–H groups in total. The fourth-order valence-electron chi connectivity index (χ4n) is 3.96. The van der Waals surface area contributed by atoms with Crippen molar-refractivity contribution < 1.29 is 32.2 Å². The summed E-state index contributed by atoms with van der Waals surface area (Å²) in [6.07, 6.45) is -1.97. The Hall–Kier alpha value is -3.55. The lowest BCUT2D eigenvalue weighted by atomic mass is 10.2. The van der Waals surface area contributed by atoms with Gasteiger partial charge in [-0.2, -0.15) is 23.5 Å². The molecule has 230 valence electrons. The Balaban J connectivity index is 1.44. The fraction of sp³-hybridized carbons (Fsp3) is 0.615. The van der Waals surface area contributed by atoms with Crippen LogP contribution >= 0.6 is 0 Å². The monoisotopic (exact) mass is 611 g/mol. The average Bonchev–Trinajstić information content (AvgIpc) is 2.93. The molecule has 0 spiro atoms. The van der Waals surface area contributed by atoms with Gasteiger partial charge in [0, 0.05) is 40.9 Å². The van der Waals surface area contributed by atoms with Gasteiger partial charge in [-0.15, -0.1) is 0 Å². The van der Waals surface area contributed by atoms with Crippen molar-refractivity contribution in [1.82, 2.24) is 24.6 Å². The Kier molecular flexibility index (Phi) is 11.4. The van der Waals surface area contributed by atoms with Gasteiger partial charge in [0.15, 0.2) is 11.3 Å². The van der Waals surface area contributed by atoms with E-state index in [1.807, 2.05) is 11.0 Å². The van der Waals surface area contributed by atoms with Crippen molar-refractivity contribution in [3.05, 3.63) is 40.1 Å². The van der Waals surface area contributed by atoms with E-state index < -0.39 is 44.0 Å². The van der Waals surface area contributed by atoms with E-state index in [-0.39, 0.29) is 25.5 Å². The van der Waals surface area contributed by atoms with Crippen molar-refractivity contribution in [3.63, 3.8) is 0 Å². The summed E-state index contributed by atoms with van der Waals surface area (Å²) >= 11 is 0. The highest BCUT2D eigenvalue weighted by Gasteiger charge is 2.39. The molecular formula is C26H36F3N7O5Si. The molecule has 1 aliphatic rings. The van der Waals surface area contributed by atoms with Crippen LogP contribution in [0.1, 0.15) is 24.5 Å². The Labute approximate surface area is 243 Å². The average molecular weight is 612 g/mol. The molecule has 3 rings (SSSR count). The Bertz CT molecular complexity index is 1290. The molecule has 0 aromatic carbocycles. The predicted molar refractivity (Wildman–Crippen MR) is 149 cm³/mol. The molecule has 3 heterocycles. The summed E-state index contributed by atoms with van der Waals surface area (Å²) in [6.45, 7) is 9.77. The molecule has 1 unspecified atom stereocenters. The van der Waals surface area contributed by atoms with Gasteiger partial charge in [-0.3, -0.25) is 9.59 Å². The summed E-state index contributed by atoms with van der Waals surface area (Å²) < 4.78 is 58.2. The number of hydrogen-bond acceptors (Lipinski definition) is 10. The van der Waals surface area contributed by atoms with E-state index >= 15 is 0 Å². The van der Waals surface area contributed by atoms with E-state index in [9.17, 15) is 22.8 Å². The van der Waals surface area contributed by atoms with Gasteiger partial charge in [-0.25, -0.2) is 14.6 Å². The molecule has 2 aromatic rings. The highest BCUT2D eigenvalue weighted by atomic mass is 28.3. The van der Waals surface area contributed by atoms with Crippen molar-refractivity contribution in [3.8, 4) is 11.8 Å². The molecule has 1 saturated heterocycles. The van der Waals surface area contributed by atoms with Crippen LogP contribution in [-0.4, -0.2) is 90.7 Å². The van der Waals surface area contributed by atoms with Gasteiger partial charge < -0.3 is 24.0 Å². The minimum Gasteiger partial charge on any atom is -0.486 e. The number of nitriles is 1. The van der Waals surface area contributed by atoms with Crippen molar-refractivity contribution in [2.75, 3.05) is 50.9 Å². The first-order chi connectivity index (χ1) is 19.8. The minimum absolute atomic E-state index is 0.0478. The number of ether oxygens (including phenoxy) is 3. The zero-order chi connectivity index (χ0) is 30.9. The zero-order valence-corrected chi connectivity index (χ0v) is 25.2. The van der Waals surface area contributed by atoms with Crippen LogP contribution in [0.2, 0.25) is 25.7 Å². The van der Waals surface area contributed by atoms with Crippen LogP contribution in [0, 0.1) is 11.3 Å². The lowest BCUT2D eigenvalue weighted by Gasteiger charge is -2.34. The number of carbonyl (C=O) groups excluding carboxylic acids is 1.